The van der Waals surface area contributed by atoms with Crippen LogP contribution in [0.3, 0.4) is 0 Å². The van der Waals surface area contributed by atoms with Crippen molar-refractivity contribution in [3.05, 3.63) is 70.0 Å². The molecule has 3 heteroatoms. The van der Waals surface area contributed by atoms with Crippen LogP contribution in [-0.4, -0.2) is 5.11 Å². The first-order valence-electron chi connectivity index (χ1n) is 6.31. The Morgan fingerprint density at radius 2 is 1.74 bits per heavy atom. The maximum atomic E-state index is 13.7. The second kappa shape index (κ2) is 6.18. The van der Waals surface area contributed by atoms with Crippen LogP contribution in [0.1, 0.15) is 29.7 Å². The van der Waals surface area contributed by atoms with Gasteiger partial charge in [0.15, 0.2) is 0 Å². The normalized spacial score (nSPS) is 12.4. The molecule has 2 aromatic carbocycles. The van der Waals surface area contributed by atoms with Crippen LogP contribution in [0.25, 0.3) is 0 Å². The fraction of sp³-hybridized carbons (Fsp3) is 0.250. The van der Waals surface area contributed by atoms with Gasteiger partial charge < -0.3 is 5.11 Å². The first-order chi connectivity index (χ1) is 9.10. The Bertz CT molecular complexity index is 551. The SMILES string of the molecule is CCc1ccc(CC(O)c2ccc(Cl)cc2F)cc1. The highest BCUT2D eigenvalue weighted by Crippen LogP contribution is 2.23. The molecule has 1 nitrogen and oxygen atoms in total. The standard InChI is InChI=1S/C16H16ClFO/c1-2-11-3-5-12(6-4-11)9-16(19)14-8-7-13(17)10-15(14)18/h3-8,10,16,19H,2,9H2,1H3. The molecule has 0 spiro atoms. The summed E-state index contributed by atoms with van der Waals surface area (Å²) in [6, 6.07) is 12.3. The predicted molar refractivity (Wildman–Crippen MR) is 75.9 cm³/mol. The van der Waals surface area contributed by atoms with E-state index < -0.39 is 11.9 Å². The van der Waals surface area contributed by atoms with Crippen LogP contribution in [0, 0.1) is 5.82 Å². The van der Waals surface area contributed by atoms with Gasteiger partial charge in [-0.1, -0.05) is 48.9 Å². The number of aliphatic hydroxyl groups is 1. The largest absolute Gasteiger partial charge is 0.388 e. The van der Waals surface area contributed by atoms with E-state index in [1.165, 1.54) is 17.7 Å². The molecule has 0 heterocycles. The van der Waals surface area contributed by atoms with E-state index in [2.05, 4.69) is 6.92 Å². The summed E-state index contributed by atoms with van der Waals surface area (Å²) in [6.07, 6.45) is 0.515. The van der Waals surface area contributed by atoms with Crippen molar-refractivity contribution in [2.75, 3.05) is 0 Å². The van der Waals surface area contributed by atoms with Crippen LogP contribution in [-0.2, 0) is 12.8 Å². The van der Waals surface area contributed by atoms with E-state index in [1.54, 1.807) is 6.07 Å². The lowest BCUT2D eigenvalue weighted by molar-refractivity contribution is 0.173. The minimum atomic E-state index is -0.857. The lowest BCUT2D eigenvalue weighted by Gasteiger charge is -2.12. The molecule has 0 aliphatic heterocycles. The second-order valence-corrected chi connectivity index (χ2v) is 4.99. The third kappa shape index (κ3) is 3.55. The van der Waals surface area contributed by atoms with Crippen molar-refractivity contribution >= 4 is 11.6 Å². The highest BCUT2D eigenvalue weighted by atomic mass is 35.5. The summed E-state index contributed by atoms with van der Waals surface area (Å²) in [5.74, 6) is -0.467. The highest BCUT2D eigenvalue weighted by molar-refractivity contribution is 6.30. The van der Waals surface area contributed by atoms with Crippen LogP contribution in [0.5, 0.6) is 0 Å². The molecule has 0 aliphatic carbocycles. The smallest absolute Gasteiger partial charge is 0.130 e. The number of aliphatic hydroxyl groups excluding tert-OH is 1. The van der Waals surface area contributed by atoms with Gasteiger partial charge in [-0.3, -0.25) is 0 Å². The molecule has 0 radical (unpaired) electrons. The Morgan fingerprint density at radius 1 is 1.11 bits per heavy atom. The Morgan fingerprint density at radius 3 is 2.32 bits per heavy atom. The van der Waals surface area contributed by atoms with Gasteiger partial charge in [-0.25, -0.2) is 4.39 Å². The summed E-state index contributed by atoms with van der Waals surface area (Å²) in [6.45, 7) is 2.09. The molecule has 1 unspecified atom stereocenters. The van der Waals surface area contributed by atoms with Crippen LogP contribution in [0.4, 0.5) is 4.39 Å². The van der Waals surface area contributed by atoms with E-state index >= 15 is 0 Å². The molecule has 0 saturated carbocycles. The summed E-state index contributed by atoms with van der Waals surface area (Å²) >= 11 is 5.69. The molecular formula is C16H16ClFO. The molecule has 0 amide bonds. The molecule has 1 N–H and O–H groups in total. The Kier molecular flexibility index (Phi) is 4.56. The summed E-state index contributed by atoms with van der Waals surface area (Å²) in [7, 11) is 0. The third-order valence-electron chi connectivity index (χ3n) is 3.18. The number of rotatable bonds is 4. The molecular weight excluding hydrogens is 263 g/mol. The van der Waals surface area contributed by atoms with Crippen molar-refractivity contribution in [3.8, 4) is 0 Å². The Balaban J connectivity index is 2.13. The molecule has 1 atom stereocenters. The van der Waals surface area contributed by atoms with Gasteiger partial charge in [-0.2, -0.15) is 0 Å². The zero-order chi connectivity index (χ0) is 13.8. The fourth-order valence-corrected chi connectivity index (χ4v) is 2.17. The van der Waals surface area contributed by atoms with Crippen molar-refractivity contribution in [3.63, 3.8) is 0 Å². The average Bonchev–Trinajstić information content (AvgIpc) is 2.39. The van der Waals surface area contributed by atoms with Gasteiger partial charge in [-0.05, 0) is 29.7 Å². The second-order valence-electron chi connectivity index (χ2n) is 4.56. The van der Waals surface area contributed by atoms with Gasteiger partial charge in [0.25, 0.3) is 0 Å². The number of aryl methyl sites for hydroxylation is 1. The van der Waals surface area contributed by atoms with Crippen molar-refractivity contribution in [2.45, 2.75) is 25.9 Å². The number of benzene rings is 2. The third-order valence-corrected chi connectivity index (χ3v) is 3.42. The van der Waals surface area contributed by atoms with E-state index in [-0.39, 0.29) is 5.56 Å². The highest BCUT2D eigenvalue weighted by Gasteiger charge is 2.13. The predicted octanol–water partition coefficient (Wildman–Crippen LogP) is 4.32. The number of halogens is 2. The summed E-state index contributed by atoms with van der Waals surface area (Å²) < 4.78 is 13.7. The van der Waals surface area contributed by atoms with E-state index in [4.69, 9.17) is 11.6 Å². The van der Waals surface area contributed by atoms with Crippen molar-refractivity contribution in [2.24, 2.45) is 0 Å². The number of hydrogen-bond acceptors (Lipinski definition) is 1. The van der Waals surface area contributed by atoms with Crippen molar-refractivity contribution < 1.29 is 9.50 Å². The topological polar surface area (TPSA) is 20.2 Å². The van der Waals surface area contributed by atoms with Crippen molar-refractivity contribution in [1.29, 1.82) is 0 Å². The maximum Gasteiger partial charge on any atom is 0.130 e. The summed E-state index contributed by atoms with van der Waals surface area (Å²) in [4.78, 5) is 0. The van der Waals surface area contributed by atoms with Crippen LogP contribution in [0.2, 0.25) is 5.02 Å². The quantitative estimate of drug-likeness (QED) is 0.883. The first-order valence-corrected chi connectivity index (χ1v) is 6.68. The molecule has 0 saturated heterocycles. The van der Waals surface area contributed by atoms with E-state index in [1.807, 2.05) is 24.3 Å². The van der Waals surface area contributed by atoms with Gasteiger partial charge in [0.2, 0.25) is 0 Å². The first kappa shape index (κ1) is 14.0. The zero-order valence-corrected chi connectivity index (χ0v) is 11.5. The lowest BCUT2D eigenvalue weighted by atomic mass is 10.00. The molecule has 0 fully saturated rings. The minimum Gasteiger partial charge on any atom is -0.388 e. The molecule has 2 aromatic rings. The zero-order valence-electron chi connectivity index (χ0n) is 10.7. The van der Waals surface area contributed by atoms with Crippen molar-refractivity contribution in [1.82, 2.24) is 0 Å². The van der Waals surface area contributed by atoms with Crippen LogP contribution < -0.4 is 0 Å². The number of hydrogen-bond donors (Lipinski definition) is 1. The minimum absolute atomic E-state index is 0.281. The Hall–Kier alpha value is -1.38. The van der Waals surface area contributed by atoms with Gasteiger partial charge in [0.1, 0.15) is 5.82 Å². The van der Waals surface area contributed by atoms with E-state index in [0.29, 0.717) is 11.4 Å². The lowest BCUT2D eigenvalue weighted by Crippen LogP contribution is -2.04. The maximum absolute atomic E-state index is 13.7. The molecule has 100 valence electrons. The molecule has 19 heavy (non-hydrogen) atoms. The molecule has 0 aromatic heterocycles. The van der Waals surface area contributed by atoms with Crippen LogP contribution >= 0.6 is 11.6 Å². The van der Waals surface area contributed by atoms with Gasteiger partial charge in [0.05, 0.1) is 6.10 Å². The fourth-order valence-electron chi connectivity index (χ4n) is 2.02. The molecule has 0 aliphatic rings. The molecule has 2 rings (SSSR count). The van der Waals surface area contributed by atoms with E-state index in [9.17, 15) is 9.50 Å². The van der Waals surface area contributed by atoms with Gasteiger partial charge in [0, 0.05) is 17.0 Å². The Labute approximate surface area is 117 Å². The van der Waals surface area contributed by atoms with Crippen LogP contribution in [0.15, 0.2) is 42.5 Å². The monoisotopic (exact) mass is 278 g/mol. The van der Waals surface area contributed by atoms with Gasteiger partial charge in [-0.15, -0.1) is 0 Å². The average molecular weight is 279 g/mol. The van der Waals surface area contributed by atoms with Gasteiger partial charge >= 0.3 is 0 Å². The molecule has 0 bridgehead atoms. The summed E-state index contributed by atoms with van der Waals surface area (Å²) in [5.41, 5.74) is 2.51. The summed E-state index contributed by atoms with van der Waals surface area (Å²) in [5, 5.41) is 10.4. The van der Waals surface area contributed by atoms with E-state index in [0.717, 1.165) is 12.0 Å².